The maximum Gasteiger partial charge on any atom is 0.319 e. The Labute approximate surface area is 128 Å². The smallest absolute Gasteiger partial charge is 0.319 e. The Morgan fingerprint density at radius 3 is 2.59 bits per heavy atom. The summed E-state index contributed by atoms with van der Waals surface area (Å²) in [5.41, 5.74) is 2.42. The third-order valence-corrected chi connectivity index (χ3v) is 3.20. The Hall–Kier alpha value is -2.69. The number of hydrogen-bond acceptors (Lipinski definition) is 2. The molecule has 2 aromatic rings. The van der Waals surface area contributed by atoms with E-state index in [2.05, 4.69) is 10.6 Å². The molecule has 2 aromatic carbocycles. The molecule has 0 saturated carbocycles. The summed E-state index contributed by atoms with van der Waals surface area (Å²) in [6, 6.07) is 11.0. The van der Waals surface area contributed by atoms with Crippen LogP contribution in [0, 0.1) is 12.7 Å². The molecule has 2 rings (SSSR count). The summed E-state index contributed by atoms with van der Waals surface area (Å²) >= 11 is 0. The lowest BCUT2D eigenvalue weighted by Gasteiger charge is -2.09. The zero-order chi connectivity index (χ0) is 16.1. The fourth-order valence-corrected chi connectivity index (χ4v) is 1.99. The fraction of sp³-hybridized carbons (Fsp3) is 0.176. The van der Waals surface area contributed by atoms with Crippen LogP contribution in [0.5, 0.6) is 0 Å². The van der Waals surface area contributed by atoms with Gasteiger partial charge in [-0.3, -0.25) is 4.79 Å². The molecule has 0 atom stereocenters. The Morgan fingerprint density at radius 1 is 1.14 bits per heavy atom. The fourth-order valence-electron chi connectivity index (χ4n) is 1.99. The lowest BCUT2D eigenvalue weighted by Crippen LogP contribution is -2.28. The highest BCUT2D eigenvalue weighted by atomic mass is 19.1. The van der Waals surface area contributed by atoms with Crippen molar-refractivity contribution in [3.8, 4) is 0 Å². The van der Waals surface area contributed by atoms with Crippen LogP contribution in [0.15, 0.2) is 42.5 Å². The SMILES string of the molecule is CC(=O)c1cccc(NC(=O)NCc2ccc(F)c(C)c2)c1. The first-order valence-corrected chi connectivity index (χ1v) is 6.86. The lowest BCUT2D eigenvalue weighted by atomic mass is 10.1. The van der Waals surface area contributed by atoms with Crippen LogP contribution < -0.4 is 10.6 Å². The van der Waals surface area contributed by atoms with Crippen molar-refractivity contribution in [3.63, 3.8) is 0 Å². The molecule has 0 fully saturated rings. The van der Waals surface area contributed by atoms with Crippen LogP contribution in [0.25, 0.3) is 0 Å². The number of hydrogen-bond donors (Lipinski definition) is 2. The number of Topliss-reactive ketones (excluding diaryl/α,β-unsaturated/α-hetero) is 1. The van der Waals surface area contributed by atoms with E-state index in [1.807, 2.05) is 0 Å². The molecule has 114 valence electrons. The number of urea groups is 1. The second-order valence-electron chi connectivity index (χ2n) is 5.03. The van der Waals surface area contributed by atoms with Gasteiger partial charge in [0.1, 0.15) is 5.82 Å². The average molecular weight is 300 g/mol. The predicted molar refractivity (Wildman–Crippen MR) is 83.4 cm³/mol. The van der Waals surface area contributed by atoms with E-state index in [0.717, 1.165) is 5.56 Å². The number of aryl methyl sites for hydroxylation is 1. The van der Waals surface area contributed by atoms with Crippen LogP contribution >= 0.6 is 0 Å². The molecule has 0 aliphatic carbocycles. The zero-order valence-corrected chi connectivity index (χ0v) is 12.4. The van der Waals surface area contributed by atoms with Gasteiger partial charge in [0.05, 0.1) is 0 Å². The first kappa shape index (κ1) is 15.7. The molecule has 0 saturated heterocycles. The zero-order valence-electron chi connectivity index (χ0n) is 12.4. The standard InChI is InChI=1S/C17H17FN2O2/c1-11-8-13(6-7-16(11)18)10-19-17(22)20-15-5-3-4-14(9-15)12(2)21/h3-9H,10H2,1-2H3,(H2,19,20,22). The van der Waals surface area contributed by atoms with Gasteiger partial charge < -0.3 is 10.6 Å². The first-order chi connectivity index (χ1) is 10.5. The molecule has 2 N–H and O–H groups in total. The molecular weight excluding hydrogens is 283 g/mol. The number of amides is 2. The van der Waals surface area contributed by atoms with E-state index >= 15 is 0 Å². The Bertz CT molecular complexity index is 714. The third-order valence-electron chi connectivity index (χ3n) is 3.20. The summed E-state index contributed by atoms with van der Waals surface area (Å²) in [7, 11) is 0. The minimum absolute atomic E-state index is 0.0640. The van der Waals surface area contributed by atoms with E-state index in [1.165, 1.54) is 13.0 Å². The van der Waals surface area contributed by atoms with Crippen molar-refractivity contribution in [1.29, 1.82) is 0 Å². The third kappa shape index (κ3) is 4.15. The van der Waals surface area contributed by atoms with Gasteiger partial charge in [-0.2, -0.15) is 0 Å². The molecule has 0 aliphatic heterocycles. The molecule has 0 aromatic heterocycles. The van der Waals surface area contributed by atoms with Gasteiger partial charge >= 0.3 is 6.03 Å². The van der Waals surface area contributed by atoms with E-state index in [4.69, 9.17) is 0 Å². The van der Waals surface area contributed by atoms with Crippen molar-refractivity contribution in [2.75, 3.05) is 5.32 Å². The van der Waals surface area contributed by atoms with Crippen molar-refractivity contribution < 1.29 is 14.0 Å². The number of halogens is 1. The topological polar surface area (TPSA) is 58.2 Å². The Kier molecular flexibility index (Phi) is 4.88. The molecule has 4 nitrogen and oxygen atoms in total. The number of benzene rings is 2. The van der Waals surface area contributed by atoms with Crippen molar-refractivity contribution in [2.45, 2.75) is 20.4 Å². The number of anilines is 1. The van der Waals surface area contributed by atoms with E-state index in [0.29, 0.717) is 23.4 Å². The van der Waals surface area contributed by atoms with Gasteiger partial charge in [0.25, 0.3) is 0 Å². The van der Waals surface area contributed by atoms with Gasteiger partial charge in [-0.25, -0.2) is 9.18 Å². The number of carbonyl (C=O) groups excluding carboxylic acids is 2. The van der Waals surface area contributed by atoms with E-state index < -0.39 is 0 Å². The molecule has 0 unspecified atom stereocenters. The van der Waals surface area contributed by atoms with Gasteiger partial charge in [0.15, 0.2) is 5.78 Å². The lowest BCUT2D eigenvalue weighted by molar-refractivity contribution is 0.101. The van der Waals surface area contributed by atoms with Crippen molar-refractivity contribution in [1.82, 2.24) is 5.32 Å². The number of rotatable bonds is 4. The molecule has 5 heteroatoms. The number of carbonyl (C=O) groups is 2. The highest BCUT2D eigenvalue weighted by Gasteiger charge is 2.05. The predicted octanol–water partition coefficient (Wildman–Crippen LogP) is 3.66. The summed E-state index contributed by atoms with van der Waals surface area (Å²) in [5.74, 6) is -0.333. The molecule has 0 heterocycles. The summed E-state index contributed by atoms with van der Waals surface area (Å²) in [6.45, 7) is 3.43. The maximum absolute atomic E-state index is 13.2. The molecular formula is C17H17FN2O2. The quantitative estimate of drug-likeness (QED) is 0.847. The minimum atomic E-state index is -0.386. The van der Waals surface area contributed by atoms with Crippen LogP contribution in [-0.2, 0) is 6.54 Å². The largest absolute Gasteiger partial charge is 0.334 e. The van der Waals surface area contributed by atoms with Crippen LogP contribution in [0.1, 0.15) is 28.4 Å². The summed E-state index contributed by atoms with van der Waals surface area (Å²) < 4.78 is 13.2. The molecule has 0 bridgehead atoms. The van der Waals surface area contributed by atoms with Crippen LogP contribution in [0.4, 0.5) is 14.9 Å². The van der Waals surface area contributed by atoms with Gasteiger partial charge in [-0.15, -0.1) is 0 Å². The van der Waals surface area contributed by atoms with E-state index in [1.54, 1.807) is 43.3 Å². The van der Waals surface area contributed by atoms with Crippen molar-refractivity contribution in [2.24, 2.45) is 0 Å². The van der Waals surface area contributed by atoms with Crippen molar-refractivity contribution in [3.05, 3.63) is 65.0 Å². The molecule has 0 radical (unpaired) electrons. The molecule has 2 amide bonds. The van der Waals surface area contributed by atoms with Crippen molar-refractivity contribution >= 4 is 17.5 Å². The average Bonchev–Trinajstić information content (AvgIpc) is 2.49. The highest BCUT2D eigenvalue weighted by molar-refractivity contribution is 5.96. The molecule has 22 heavy (non-hydrogen) atoms. The normalized spacial score (nSPS) is 10.1. The Morgan fingerprint density at radius 2 is 1.91 bits per heavy atom. The molecule has 0 spiro atoms. The van der Waals surface area contributed by atoms with Gasteiger partial charge in [-0.05, 0) is 43.2 Å². The maximum atomic E-state index is 13.2. The van der Waals surface area contributed by atoms with E-state index in [-0.39, 0.29) is 17.6 Å². The van der Waals surface area contributed by atoms with Gasteiger partial charge in [0, 0.05) is 17.8 Å². The highest BCUT2D eigenvalue weighted by Crippen LogP contribution is 2.12. The second-order valence-corrected chi connectivity index (χ2v) is 5.03. The second kappa shape index (κ2) is 6.85. The van der Waals surface area contributed by atoms with Gasteiger partial charge in [0.2, 0.25) is 0 Å². The first-order valence-electron chi connectivity index (χ1n) is 6.86. The van der Waals surface area contributed by atoms with Crippen LogP contribution in [-0.4, -0.2) is 11.8 Å². The molecule has 0 aliphatic rings. The summed E-state index contributed by atoms with van der Waals surface area (Å²) in [4.78, 5) is 23.1. The van der Waals surface area contributed by atoms with E-state index in [9.17, 15) is 14.0 Å². The monoisotopic (exact) mass is 300 g/mol. The minimum Gasteiger partial charge on any atom is -0.334 e. The van der Waals surface area contributed by atoms with Gasteiger partial charge in [-0.1, -0.05) is 24.3 Å². The number of nitrogens with one attached hydrogen (secondary N) is 2. The van der Waals surface area contributed by atoms with Crippen LogP contribution in [0.3, 0.4) is 0 Å². The number of ketones is 1. The summed E-state index contributed by atoms with van der Waals surface area (Å²) in [5, 5.41) is 5.34. The summed E-state index contributed by atoms with van der Waals surface area (Å²) in [6.07, 6.45) is 0. The Balaban J connectivity index is 1.94. The van der Waals surface area contributed by atoms with Crippen LogP contribution in [0.2, 0.25) is 0 Å².